The molecule has 1 aromatic carbocycles. The average Bonchev–Trinajstić information content (AvgIpc) is 2.58. The standard InChI is InChI=1S/C15H22FIN2/c1-11(2)19-8-3-4-13(7-9-19)18-15-6-5-12(16)10-14(15)17/h5-6,10-11,13,18H,3-4,7-9H2,1-2H3. The van der Waals surface area contributed by atoms with E-state index in [0.29, 0.717) is 12.1 Å². The van der Waals surface area contributed by atoms with Gasteiger partial charge in [-0.1, -0.05) is 0 Å². The van der Waals surface area contributed by atoms with Crippen molar-refractivity contribution in [3.8, 4) is 0 Å². The number of anilines is 1. The van der Waals surface area contributed by atoms with E-state index in [1.807, 2.05) is 6.07 Å². The number of halogens is 2. The summed E-state index contributed by atoms with van der Waals surface area (Å²) in [4.78, 5) is 2.54. The maximum absolute atomic E-state index is 13.1. The first-order valence-corrected chi connectivity index (χ1v) is 8.10. The van der Waals surface area contributed by atoms with Crippen LogP contribution in [0.3, 0.4) is 0 Å². The molecule has 1 heterocycles. The van der Waals surface area contributed by atoms with Crippen LogP contribution >= 0.6 is 22.6 Å². The Balaban J connectivity index is 1.96. The third-order valence-electron chi connectivity index (χ3n) is 3.78. The van der Waals surface area contributed by atoms with Gasteiger partial charge in [0.1, 0.15) is 5.82 Å². The van der Waals surface area contributed by atoms with E-state index in [9.17, 15) is 4.39 Å². The second kappa shape index (κ2) is 6.88. The summed E-state index contributed by atoms with van der Waals surface area (Å²) >= 11 is 2.19. The molecule has 0 radical (unpaired) electrons. The van der Waals surface area contributed by atoms with Crippen LogP contribution in [-0.4, -0.2) is 30.1 Å². The summed E-state index contributed by atoms with van der Waals surface area (Å²) in [5.74, 6) is -0.165. The molecule has 19 heavy (non-hydrogen) atoms. The van der Waals surface area contributed by atoms with Crippen LogP contribution in [0.4, 0.5) is 10.1 Å². The first-order chi connectivity index (χ1) is 9.06. The minimum atomic E-state index is -0.165. The first kappa shape index (κ1) is 15.0. The number of hydrogen-bond acceptors (Lipinski definition) is 2. The average molecular weight is 376 g/mol. The highest BCUT2D eigenvalue weighted by molar-refractivity contribution is 14.1. The summed E-state index contributed by atoms with van der Waals surface area (Å²) in [5, 5.41) is 3.57. The Labute approximate surface area is 128 Å². The number of nitrogens with zero attached hydrogens (tertiary/aromatic N) is 1. The number of likely N-dealkylation sites (tertiary alicyclic amines) is 1. The Morgan fingerprint density at radius 1 is 1.32 bits per heavy atom. The molecule has 1 aliphatic rings. The van der Waals surface area contributed by atoms with Gasteiger partial charge in [0.05, 0.1) is 0 Å². The monoisotopic (exact) mass is 376 g/mol. The second-order valence-corrected chi connectivity index (χ2v) is 6.69. The first-order valence-electron chi connectivity index (χ1n) is 7.02. The summed E-state index contributed by atoms with van der Waals surface area (Å²) in [6.45, 7) is 6.86. The van der Waals surface area contributed by atoms with Crippen molar-refractivity contribution in [1.29, 1.82) is 0 Å². The third kappa shape index (κ3) is 4.31. The highest BCUT2D eigenvalue weighted by atomic mass is 127. The zero-order valence-electron chi connectivity index (χ0n) is 11.6. The molecule has 1 N–H and O–H groups in total. The van der Waals surface area contributed by atoms with Crippen molar-refractivity contribution in [2.75, 3.05) is 18.4 Å². The molecule has 0 spiro atoms. The quantitative estimate of drug-likeness (QED) is 0.799. The van der Waals surface area contributed by atoms with Crippen LogP contribution in [0.15, 0.2) is 18.2 Å². The Bertz CT molecular complexity index is 423. The van der Waals surface area contributed by atoms with Crippen molar-refractivity contribution >= 4 is 28.3 Å². The summed E-state index contributed by atoms with van der Waals surface area (Å²) < 4.78 is 14.1. The molecule has 2 rings (SSSR count). The highest BCUT2D eigenvalue weighted by Gasteiger charge is 2.19. The molecule has 0 aromatic heterocycles. The van der Waals surface area contributed by atoms with Gasteiger partial charge in [-0.3, -0.25) is 0 Å². The highest BCUT2D eigenvalue weighted by Crippen LogP contribution is 2.23. The van der Waals surface area contributed by atoms with Crippen molar-refractivity contribution in [2.45, 2.75) is 45.2 Å². The van der Waals surface area contributed by atoms with Gasteiger partial charge in [0.25, 0.3) is 0 Å². The predicted molar refractivity (Wildman–Crippen MR) is 87.1 cm³/mol. The van der Waals surface area contributed by atoms with Crippen LogP contribution in [0.5, 0.6) is 0 Å². The van der Waals surface area contributed by atoms with Gasteiger partial charge >= 0.3 is 0 Å². The maximum atomic E-state index is 13.1. The summed E-state index contributed by atoms with van der Waals surface area (Å²) in [6, 6.07) is 6.09. The van der Waals surface area contributed by atoms with Crippen molar-refractivity contribution in [2.24, 2.45) is 0 Å². The molecule has 1 aromatic rings. The van der Waals surface area contributed by atoms with Gasteiger partial charge in [-0.15, -0.1) is 0 Å². The van der Waals surface area contributed by atoms with Gasteiger partial charge < -0.3 is 10.2 Å². The van der Waals surface area contributed by atoms with Crippen molar-refractivity contribution in [3.05, 3.63) is 27.6 Å². The molecule has 0 aliphatic carbocycles. The fraction of sp³-hybridized carbons (Fsp3) is 0.600. The number of nitrogens with one attached hydrogen (secondary N) is 1. The molecule has 1 atom stereocenters. The van der Waals surface area contributed by atoms with Crippen LogP contribution in [0, 0.1) is 9.39 Å². The topological polar surface area (TPSA) is 15.3 Å². The zero-order chi connectivity index (χ0) is 13.8. The van der Waals surface area contributed by atoms with Gasteiger partial charge in [0.2, 0.25) is 0 Å². The Morgan fingerprint density at radius 3 is 2.79 bits per heavy atom. The van der Waals surface area contributed by atoms with E-state index in [1.54, 1.807) is 6.07 Å². The lowest BCUT2D eigenvalue weighted by atomic mass is 10.1. The van der Waals surface area contributed by atoms with Crippen LogP contribution in [0.1, 0.15) is 33.1 Å². The van der Waals surface area contributed by atoms with Crippen molar-refractivity contribution in [3.63, 3.8) is 0 Å². The second-order valence-electron chi connectivity index (χ2n) is 5.53. The van der Waals surface area contributed by atoms with E-state index >= 15 is 0 Å². The molecule has 2 nitrogen and oxygen atoms in total. The van der Waals surface area contributed by atoms with Gasteiger partial charge in [-0.2, -0.15) is 0 Å². The van der Waals surface area contributed by atoms with E-state index < -0.39 is 0 Å². The van der Waals surface area contributed by atoms with Gasteiger partial charge in [0.15, 0.2) is 0 Å². The molecular weight excluding hydrogens is 354 g/mol. The van der Waals surface area contributed by atoms with Crippen LogP contribution in [0.2, 0.25) is 0 Å². The zero-order valence-corrected chi connectivity index (χ0v) is 13.8. The molecule has 0 saturated carbocycles. The van der Waals surface area contributed by atoms with E-state index in [-0.39, 0.29) is 5.82 Å². The molecule has 0 bridgehead atoms. The summed E-state index contributed by atoms with van der Waals surface area (Å²) in [6.07, 6.45) is 3.58. The van der Waals surface area contributed by atoms with E-state index in [4.69, 9.17) is 0 Å². The lowest BCUT2D eigenvalue weighted by molar-refractivity contribution is 0.230. The van der Waals surface area contributed by atoms with Gasteiger partial charge in [-0.05, 0) is 80.4 Å². The van der Waals surface area contributed by atoms with Crippen LogP contribution < -0.4 is 5.32 Å². The minimum absolute atomic E-state index is 0.165. The lowest BCUT2D eigenvalue weighted by Gasteiger charge is -2.24. The SMILES string of the molecule is CC(C)N1CCCC(Nc2ccc(F)cc2I)CC1. The number of hydrogen-bond donors (Lipinski definition) is 1. The van der Waals surface area contributed by atoms with Crippen molar-refractivity contribution in [1.82, 2.24) is 4.90 Å². The molecule has 106 valence electrons. The number of benzene rings is 1. The lowest BCUT2D eigenvalue weighted by Crippen LogP contribution is -2.32. The Hall–Kier alpha value is -0.360. The van der Waals surface area contributed by atoms with Crippen LogP contribution in [-0.2, 0) is 0 Å². The van der Waals surface area contributed by atoms with Crippen molar-refractivity contribution < 1.29 is 4.39 Å². The smallest absolute Gasteiger partial charge is 0.124 e. The normalized spacial score (nSPS) is 21.4. The fourth-order valence-corrected chi connectivity index (χ4v) is 3.24. The Morgan fingerprint density at radius 2 is 2.11 bits per heavy atom. The molecule has 1 fully saturated rings. The third-order valence-corrected chi connectivity index (χ3v) is 4.68. The molecule has 4 heteroatoms. The largest absolute Gasteiger partial charge is 0.381 e. The number of rotatable bonds is 3. The summed E-state index contributed by atoms with van der Waals surface area (Å²) in [5.41, 5.74) is 1.06. The molecule has 1 unspecified atom stereocenters. The predicted octanol–water partition coefficient (Wildman–Crippen LogP) is 4.11. The molecule has 1 saturated heterocycles. The summed E-state index contributed by atoms with van der Waals surface area (Å²) in [7, 11) is 0. The molecule has 0 amide bonds. The Kier molecular flexibility index (Phi) is 5.45. The fourth-order valence-electron chi connectivity index (χ4n) is 2.61. The van der Waals surface area contributed by atoms with Gasteiger partial charge in [-0.25, -0.2) is 4.39 Å². The van der Waals surface area contributed by atoms with Crippen LogP contribution in [0.25, 0.3) is 0 Å². The van der Waals surface area contributed by atoms with E-state index in [0.717, 1.165) is 22.2 Å². The molecular formula is C15H22FIN2. The van der Waals surface area contributed by atoms with Gasteiger partial charge in [0, 0.05) is 27.9 Å². The van der Waals surface area contributed by atoms with E-state index in [1.165, 1.54) is 25.5 Å². The molecule has 1 aliphatic heterocycles. The minimum Gasteiger partial charge on any atom is -0.381 e. The maximum Gasteiger partial charge on any atom is 0.124 e. The van der Waals surface area contributed by atoms with E-state index in [2.05, 4.69) is 46.7 Å².